The van der Waals surface area contributed by atoms with Gasteiger partial charge in [-0.05, 0) is 43.5 Å². The summed E-state index contributed by atoms with van der Waals surface area (Å²) < 4.78 is 16.1. The minimum Gasteiger partial charge on any atom is -0.454 e. The lowest BCUT2D eigenvalue weighted by Crippen LogP contribution is -2.52. The van der Waals surface area contributed by atoms with Crippen LogP contribution < -0.4 is 14.9 Å². The number of carbonyl (C=O) groups is 2. The number of amides is 1. The van der Waals surface area contributed by atoms with E-state index < -0.39 is 16.4 Å². The molecule has 1 N–H and O–H groups in total. The maximum Gasteiger partial charge on any atom is 0.313 e. The Morgan fingerprint density at radius 1 is 1.20 bits per heavy atom. The molecule has 132 valence electrons. The van der Waals surface area contributed by atoms with Crippen molar-refractivity contribution in [2.45, 2.75) is 39.2 Å². The van der Waals surface area contributed by atoms with Gasteiger partial charge in [0.25, 0.3) is 5.91 Å². The smallest absolute Gasteiger partial charge is 0.313 e. The van der Waals surface area contributed by atoms with Crippen molar-refractivity contribution in [2.75, 3.05) is 6.79 Å². The van der Waals surface area contributed by atoms with Gasteiger partial charge in [0, 0.05) is 5.41 Å². The second-order valence-corrected chi connectivity index (χ2v) is 7.49. The molecule has 2 fully saturated rings. The first kappa shape index (κ1) is 15.9. The van der Waals surface area contributed by atoms with Crippen LogP contribution in [0.1, 0.15) is 39.2 Å². The normalized spacial score (nSPS) is 31.4. The minimum absolute atomic E-state index is 0.203. The van der Waals surface area contributed by atoms with Crippen LogP contribution in [0.2, 0.25) is 0 Å². The lowest BCUT2D eigenvalue weighted by atomic mass is 9.66. The van der Waals surface area contributed by atoms with Gasteiger partial charge >= 0.3 is 5.97 Å². The van der Waals surface area contributed by atoms with E-state index in [2.05, 4.69) is 10.5 Å². The number of nitrogens with one attached hydrogen (secondary N) is 1. The highest BCUT2D eigenvalue weighted by Crippen LogP contribution is 2.65. The van der Waals surface area contributed by atoms with Gasteiger partial charge in [-0.2, -0.15) is 5.10 Å². The van der Waals surface area contributed by atoms with Gasteiger partial charge in [-0.1, -0.05) is 13.8 Å². The first-order valence-electron chi connectivity index (χ1n) is 8.27. The van der Waals surface area contributed by atoms with E-state index >= 15 is 0 Å². The average Bonchev–Trinajstić information content (AvgIpc) is 3.15. The van der Waals surface area contributed by atoms with Crippen molar-refractivity contribution in [3.8, 4) is 11.5 Å². The number of hydrazone groups is 1. The van der Waals surface area contributed by atoms with Gasteiger partial charge in [0.05, 0.1) is 11.6 Å². The molecule has 1 aromatic carbocycles. The van der Waals surface area contributed by atoms with Crippen molar-refractivity contribution >= 4 is 18.1 Å². The van der Waals surface area contributed by atoms with Crippen molar-refractivity contribution in [1.29, 1.82) is 0 Å². The maximum atomic E-state index is 12.8. The molecular formula is C18H20N2O5. The van der Waals surface area contributed by atoms with E-state index in [-0.39, 0.29) is 18.7 Å². The molecule has 7 nitrogen and oxygen atoms in total. The number of benzene rings is 1. The second-order valence-electron chi connectivity index (χ2n) is 7.49. The fourth-order valence-corrected chi connectivity index (χ4v) is 4.00. The molecule has 2 aliphatic heterocycles. The van der Waals surface area contributed by atoms with Crippen molar-refractivity contribution in [3.63, 3.8) is 0 Å². The molecule has 3 aliphatic rings. The van der Waals surface area contributed by atoms with E-state index in [1.807, 2.05) is 26.8 Å². The summed E-state index contributed by atoms with van der Waals surface area (Å²) in [6.07, 6.45) is 2.67. The zero-order valence-electron chi connectivity index (χ0n) is 14.4. The summed E-state index contributed by atoms with van der Waals surface area (Å²) in [5.74, 6) is 0.638. The van der Waals surface area contributed by atoms with E-state index in [0.717, 1.165) is 5.56 Å². The SMILES string of the molecule is CC12CCC(C(=O)NN=Cc3ccc4c(c3)OCO4)(OC1=O)C2(C)C. The zero-order chi connectivity index (χ0) is 17.9. The highest BCUT2D eigenvalue weighted by atomic mass is 16.7. The minimum atomic E-state index is -1.16. The Morgan fingerprint density at radius 3 is 2.64 bits per heavy atom. The van der Waals surface area contributed by atoms with Crippen LogP contribution in [-0.2, 0) is 14.3 Å². The first-order valence-corrected chi connectivity index (χ1v) is 8.27. The summed E-state index contributed by atoms with van der Waals surface area (Å²) in [6.45, 7) is 5.89. The largest absolute Gasteiger partial charge is 0.454 e. The molecule has 2 heterocycles. The summed E-state index contributed by atoms with van der Waals surface area (Å²) in [6, 6.07) is 5.38. The van der Waals surface area contributed by atoms with Gasteiger partial charge in [0.2, 0.25) is 6.79 Å². The summed E-state index contributed by atoms with van der Waals surface area (Å²) in [7, 11) is 0. The van der Waals surface area contributed by atoms with Crippen molar-refractivity contribution in [1.82, 2.24) is 5.43 Å². The molecule has 1 saturated carbocycles. The predicted molar refractivity (Wildman–Crippen MR) is 88.2 cm³/mol. The Hall–Kier alpha value is -2.57. The second kappa shape index (κ2) is 4.97. The Balaban J connectivity index is 1.50. The molecule has 7 heteroatoms. The summed E-state index contributed by atoms with van der Waals surface area (Å²) >= 11 is 0. The molecule has 2 atom stereocenters. The monoisotopic (exact) mass is 344 g/mol. The Kier molecular flexibility index (Phi) is 3.17. The van der Waals surface area contributed by atoms with Gasteiger partial charge in [-0.3, -0.25) is 9.59 Å². The molecule has 0 radical (unpaired) electrons. The van der Waals surface area contributed by atoms with E-state index in [4.69, 9.17) is 14.2 Å². The fraction of sp³-hybridized carbons (Fsp3) is 0.500. The fourth-order valence-electron chi connectivity index (χ4n) is 4.00. The lowest BCUT2D eigenvalue weighted by molar-refractivity contribution is -0.168. The van der Waals surface area contributed by atoms with Crippen molar-refractivity contribution < 1.29 is 23.8 Å². The molecule has 0 spiro atoms. The Bertz CT molecular complexity index is 803. The van der Waals surface area contributed by atoms with Crippen molar-refractivity contribution in [2.24, 2.45) is 15.9 Å². The van der Waals surface area contributed by atoms with Gasteiger partial charge in [-0.25, -0.2) is 5.43 Å². The lowest BCUT2D eigenvalue weighted by Gasteiger charge is -2.34. The zero-order valence-corrected chi connectivity index (χ0v) is 14.4. The van der Waals surface area contributed by atoms with Crippen LogP contribution >= 0.6 is 0 Å². The quantitative estimate of drug-likeness (QED) is 0.515. The molecule has 1 amide bonds. The average molecular weight is 344 g/mol. The molecular weight excluding hydrogens is 324 g/mol. The summed E-state index contributed by atoms with van der Waals surface area (Å²) in [5.41, 5.74) is 0.916. The van der Waals surface area contributed by atoms with Crippen LogP contribution in [-0.4, -0.2) is 30.5 Å². The number of fused-ring (bicyclic) bond motifs is 3. The Morgan fingerprint density at radius 2 is 1.96 bits per heavy atom. The number of hydrogen-bond donors (Lipinski definition) is 1. The standard InChI is InChI=1S/C18H20N2O5/c1-16(2)17(3)6-7-18(16,25-15(17)22)14(21)20-19-9-11-4-5-12-13(8-11)24-10-23-12/h4-5,8-9H,6-7,10H2,1-3H3,(H,20,21). The molecule has 2 unspecified atom stereocenters. The number of nitrogens with zero attached hydrogens (tertiary/aromatic N) is 1. The third kappa shape index (κ3) is 1.95. The third-order valence-corrected chi connectivity index (χ3v) is 6.23. The molecule has 2 bridgehead atoms. The predicted octanol–water partition coefficient (Wildman–Crippen LogP) is 1.99. The number of esters is 1. The number of hydrogen-bond acceptors (Lipinski definition) is 6. The topological polar surface area (TPSA) is 86.2 Å². The number of carbonyl (C=O) groups excluding carboxylic acids is 2. The van der Waals surface area contributed by atoms with E-state index in [1.165, 1.54) is 6.21 Å². The van der Waals surface area contributed by atoms with Crippen molar-refractivity contribution in [3.05, 3.63) is 23.8 Å². The van der Waals surface area contributed by atoms with Gasteiger partial charge in [0.15, 0.2) is 17.1 Å². The van der Waals surface area contributed by atoms with E-state index in [9.17, 15) is 9.59 Å². The van der Waals surface area contributed by atoms with Crippen LogP contribution in [0.4, 0.5) is 0 Å². The summed E-state index contributed by atoms with van der Waals surface area (Å²) in [4.78, 5) is 25.0. The number of rotatable bonds is 3. The molecule has 1 aliphatic carbocycles. The first-order chi connectivity index (χ1) is 11.8. The summed E-state index contributed by atoms with van der Waals surface area (Å²) in [5, 5.41) is 4.02. The van der Waals surface area contributed by atoms with Crippen LogP contribution in [0.15, 0.2) is 23.3 Å². The highest BCUT2D eigenvalue weighted by molar-refractivity contribution is 5.96. The molecule has 1 saturated heterocycles. The third-order valence-electron chi connectivity index (χ3n) is 6.23. The van der Waals surface area contributed by atoms with Gasteiger partial charge in [-0.15, -0.1) is 0 Å². The molecule has 25 heavy (non-hydrogen) atoms. The Labute approximate surface area is 145 Å². The highest BCUT2D eigenvalue weighted by Gasteiger charge is 2.75. The molecule has 1 aromatic rings. The van der Waals surface area contributed by atoms with E-state index in [1.54, 1.807) is 12.1 Å². The van der Waals surface area contributed by atoms with Crippen LogP contribution in [0.5, 0.6) is 11.5 Å². The molecule has 0 aromatic heterocycles. The van der Waals surface area contributed by atoms with Gasteiger partial charge < -0.3 is 14.2 Å². The molecule has 4 rings (SSSR count). The van der Waals surface area contributed by atoms with Crippen LogP contribution in [0.3, 0.4) is 0 Å². The van der Waals surface area contributed by atoms with E-state index in [0.29, 0.717) is 24.3 Å². The van der Waals surface area contributed by atoms with Gasteiger partial charge in [0.1, 0.15) is 0 Å². The van der Waals surface area contributed by atoms with Crippen LogP contribution in [0.25, 0.3) is 0 Å². The number of ether oxygens (including phenoxy) is 3. The van der Waals surface area contributed by atoms with Crippen LogP contribution in [0, 0.1) is 10.8 Å². The maximum absolute atomic E-state index is 12.8.